The van der Waals surface area contributed by atoms with Crippen molar-refractivity contribution in [1.29, 1.82) is 0 Å². The lowest BCUT2D eigenvalue weighted by Crippen LogP contribution is -2.31. The Balaban J connectivity index is 2.41. The number of hydrogen-bond acceptors (Lipinski definition) is 2. The Kier molecular flexibility index (Phi) is 2.69. The lowest BCUT2D eigenvalue weighted by molar-refractivity contribution is 0.0774. The van der Waals surface area contributed by atoms with E-state index in [1.807, 2.05) is 0 Å². The Labute approximate surface area is 63.0 Å². The molecule has 0 aromatic carbocycles. The van der Waals surface area contributed by atoms with E-state index in [0.717, 1.165) is 26.3 Å². The van der Waals surface area contributed by atoms with Crippen LogP contribution in [0.1, 0.15) is 20.3 Å². The summed E-state index contributed by atoms with van der Waals surface area (Å²) < 4.78 is 5.44. The maximum atomic E-state index is 5.44. The molecule has 2 nitrogen and oxygen atoms in total. The molecule has 2 heteroatoms. The maximum Gasteiger partial charge on any atom is 0.0591 e. The average Bonchev–Trinajstić information content (AvgIpc) is 2.15. The summed E-state index contributed by atoms with van der Waals surface area (Å²) in [7, 11) is 0. The van der Waals surface area contributed by atoms with E-state index in [4.69, 9.17) is 4.74 Å². The summed E-state index contributed by atoms with van der Waals surface area (Å²) >= 11 is 0. The van der Waals surface area contributed by atoms with E-state index in [1.165, 1.54) is 6.42 Å². The highest BCUT2D eigenvalue weighted by molar-refractivity contribution is 4.76. The van der Waals surface area contributed by atoms with Crippen molar-refractivity contribution >= 4 is 0 Å². The van der Waals surface area contributed by atoms with Crippen molar-refractivity contribution in [2.45, 2.75) is 20.3 Å². The summed E-state index contributed by atoms with van der Waals surface area (Å²) in [6.45, 7) is 8.38. The largest absolute Gasteiger partial charge is 0.380 e. The van der Waals surface area contributed by atoms with Crippen molar-refractivity contribution in [2.75, 3.05) is 26.3 Å². The second-order valence-corrected chi connectivity index (χ2v) is 3.39. The van der Waals surface area contributed by atoms with Gasteiger partial charge in [0.25, 0.3) is 0 Å². The van der Waals surface area contributed by atoms with Gasteiger partial charge in [-0.15, -0.1) is 0 Å². The standard InChI is InChI=1S/C8H17NO/c1-3-8(2)6-9-4-5-10-7-8/h9H,3-7H2,1-2H3. The molecule has 1 atom stereocenters. The van der Waals surface area contributed by atoms with Crippen molar-refractivity contribution < 1.29 is 4.74 Å². The summed E-state index contributed by atoms with van der Waals surface area (Å²) in [6, 6.07) is 0. The molecule has 1 rings (SSSR count). The van der Waals surface area contributed by atoms with Gasteiger partial charge in [0, 0.05) is 18.5 Å². The molecule has 0 bridgehead atoms. The van der Waals surface area contributed by atoms with Gasteiger partial charge in [0.2, 0.25) is 0 Å². The van der Waals surface area contributed by atoms with Crippen LogP contribution in [0.4, 0.5) is 0 Å². The molecule has 0 aromatic heterocycles. The summed E-state index contributed by atoms with van der Waals surface area (Å²) in [4.78, 5) is 0. The van der Waals surface area contributed by atoms with Crippen LogP contribution in [-0.2, 0) is 4.74 Å². The molecule has 0 spiro atoms. The van der Waals surface area contributed by atoms with Gasteiger partial charge < -0.3 is 10.1 Å². The van der Waals surface area contributed by atoms with E-state index in [1.54, 1.807) is 0 Å². The molecule has 0 saturated carbocycles. The average molecular weight is 143 g/mol. The summed E-state index contributed by atoms with van der Waals surface area (Å²) in [5.41, 5.74) is 0.372. The predicted octanol–water partition coefficient (Wildman–Crippen LogP) is 1.02. The van der Waals surface area contributed by atoms with Crippen LogP contribution in [0, 0.1) is 5.41 Å². The van der Waals surface area contributed by atoms with Gasteiger partial charge in [0.05, 0.1) is 13.2 Å². The fourth-order valence-corrected chi connectivity index (χ4v) is 1.13. The Morgan fingerprint density at radius 1 is 1.60 bits per heavy atom. The fraction of sp³-hybridized carbons (Fsp3) is 1.00. The van der Waals surface area contributed by atoms with E-state index >= 15 is 0 Å². The van der Waals surface area contributed by atoms with Gasteiger partial charge in [-0.2, -0.15) is 0 Å². The van der Waals surface area contributed by atoms with Crippen molar-refractivity contribution in [3.05, 3.63) is 0 Å². The smallest absolute Gasteiger partial charge is 0.0591 e. The number of hydrogen-bond donors (Lipinski definition) is 1. The van der Waals surface area contributed by atoms with Gasteiger partial charge in [0.15, 0.2) is 0 Å². The van der Waals surface area contributed by atoms with Crippen molar-refractivity contribution in [3.8, 4) is 0 Å². The summed E-state index contributed by atoms with van der Waals surface area (Å²) in [5, 5.41) is 3.36. The molecular weight excluding hydrogens is 126 g/mol. The van der Waals surface area contributed by atoms with Crippen LogP contribution in [0.3, 0.4) is 0 Å². The monoisotopic (exact) mass is 143 g/mol. The van der Waals surface area contributed by atoms with Crippen molar-refractivity contribution in [3.63, 3.8) is 0 Å². The number of ether oxygens (including phenoxy) is 1. The van der Waals surface area contributed by atoms with E-state index in [9.17, 15) is 0 Å². The first-order chi connectivity index (χ1) is 4.77. The van der Waals surface area contributed by atoms with E-state index in [2.05, 4.69) is 19.2 Å². The van der Waals surface area contributed by atoms with Crippen LogP contribution in [-0.4, -0.2) is 26.3 Å². The minimum atomic E-state index is 0.372. The molecule has 60 valence electrons. The molecule has 0 aromatic rings. The zero-order chi connectivity index (χ0) is 7.45. The second-order valence-electron chi connectivity index (χ2n) is 3.39. The molecule has 0 amide bonds. The third-order valence-corrected chi connectivity index (χ3v) is 2.28. The Hall–Kier alpha value is -0.0800. The molecule has 1 heterocycles. The molecule has 0 radical (unpaired) electrons. The van der Waals surface area contributed by atoms with Gasteiger partial charge in [-0.05, 0) is 6.42 Å². The normalized spacial score (nSPS) is 35.4. The molecule has 1 unspecified atom stereocenters. The number of rotatable bonds is 1. The highest BCUT2D eigenvalue weighted by Gasteiger charge is 2.23. The minimum Gasteiger partial charge on any atom is -0.380 e. The molecule has 1 aliphatic heterocycles. The minimum absolute atomic E-state index is 0.372. The lowest BCUT2D eigenvalue weighted by atomic mass is 9.89. The summed E-state index contributed by atoms with van der Waals surface area (Å²) in [5.74, 6) is 0. The van der Waals surface area contributed by atoms with E-state index < -0.39 is 0 Å². The summed E-state index contributed by atoms with van der Waals surface area (Å²) in [6.07, 6.45) is 1.19. The van der Waals surface area contributed by atoms with Crippen LogP contribution in [0.25, 0.3) is 0 Å². The SMILES string of the molecule is CCC1(C)CNCCOC1. The lowest BCUT2D eigenvalue weighted by Gasteiger charge is -2.24. The topological polar surface area (TPSA) is 21.3 Å². The molecule has 1 saturated heterocycles. The van der Waals surface area contributed by atoms with Crippen LogP contribution >= 0.6 is 0 Å². The zero-order valence-corrected chi connectivity index (χ0v) is 6.94. The van der Waals surface area contributed by atoms with Gasteiger partial charge in [-0.3, -0.25) is 0 Å². The molecule has 1 N–H and O–H groups in total. The van der Waals surface area contributed by atoms with Crippen LogP contribution in [0.2, 0.25) is 0 Å². The van der Waals surface area contributed by atoms with Gasteiger partial charge in [-0.25, -0.2) is 0 Å². The van der Waals surface area contributed by atoms with Crippen LogP contribution < -0.4 is 5.32 Å². The Morgan fingerprint density at radius 2 is 2.40 bits per heavy atom. The Bertz CT molecular complexity index is 95.4. The quantitative estimate of drug-likeness (QED) is 0.592. The third-order valence-electron chi connectivity index (χ3n) is 2.28. The highest BCUT2D eigenvalue weighted by Crippen LogP contribution is 2.21. The molecule has 10 heavy (non-hydrogen) atoms. The van der Waals surface area contributed by atoms with Gasteiger partial charge >= 0.3 is 0 Å². The van der Waals surface area contributed by atoms with E-state index in [0.29, 0.717) is 5.41 Å². The first-order valence-electron chi connectivity index (χ1n) is 4.05. The zero-order valence-electron chi connectivity index (χ0n) is 6.94. The molecule has 1 fully saturated rings. The van der Waals surface area contributed by atoms with E-state index in [-0.39, 0.29) is 0 Å². The first kappa shape index (κ1) is 8.02. The van der Waals surface area contributed by atoms with Crippen molar-refractivity contribution in [1.82, 2.24) is 5.32 Å². The number of nitrogens with one attached hydrogen (secondary N) is 1. The molecular formula is C8H17NO. The van der Waals surface area contributed by atoms with Crippen LogP contribution in [0.15, 0.2) is 0 Å². The molecule has 0 aliphatic carbocycles. The maximum absolute atomic E-state index is 5.44. The first-order valence-corrected chi connectivity index (χ1v) is 4.05. The second kappa shape index (κ2) is 3.35. The van der Waals surface area contributed by atoms with Gasteiger partial charge in [0.1, 0.15) is 0 Å². The third kappa shape index (κ3) is 1.96. The fourth-order valence-electron chi connectivity index (χ4n) is 1.13. The highest BCUT2D eigenvalue weighted by atomic mass is 16.5. The Morgan fingerprint density at radius 3 is 3.10 bits per heavy atom. The van der Waals surface area contributed by atoms with Gasteiger partial charge in [-0.1, -0.05) is 13.8 Å². The predicted molar refractivity (Wildman–Crippen MR) is 42.1 cm³/mol. The van der Waals surface area contributed by atoms with Crippen LogP contribution in [0.5, 0.6) is 0 Å². The molecule has 1 aliphatic rings. The van der Waals surface area contributed by atoms with Crippen molar-refractivity contribution in [2.24, 2.45) is 5.41 Å².